The lowest BCUT2D eigenvalue weighted by atomic mass is 10.1. The molecule has 56 heavy (non-hydrogen) atoms. The Morgan fingerprint density at radius 3 is 1.23 bits per heavy atom. The van der Waals surface area contributed by atoms with Crippen molar-refractivity contribution < 1.29 is 23.8 Å². The monoisotopic (exact) mass is 787 g/mol. The summed E-state index contributed by atoms with van der Waals surface area (Å²) in [6, 6.07) is 0. The maximum atomic E-state index is 12.6. The van der Waals surface area contributed by atoms with E-state index >= 15 is 0 Å². The zero-order chi connectivity index (χ0) is 40.7. The quantitative estimate of drug-likeness (QED) is 0.0349. The number of esters is 2. The number of carbonyl (C=O) groups is 2. The van der Waals surface area contributed by atoms with Crippen molar-refractivity contribution in [2.45, 2.75) is 258 Å². The number of carbonyl (C=O) groups excluding carboxylic acids is 2. The van der Waals surface area contributed by atoms with Crippen LogP contribution in [-0.2, 0) is 23.8 Å². The standard InChI is InChI=1S/C51H94O5/c1-4-7-10-13-16-18-20-22-24-26-27-29-31-33-36-38-41-44-50(52)55-48-49(56-51(53)45-42-39-35-15-12-9-6-3)47-54-46-43-40-37-34-32-30-28-25-23-21-19-17-14-11-8-5-2/h17,19,22-25,49H,4-16,18,20-21,26-48H2,1-3H3/b19-17-,24-22-,25-23-. The van der Waals surface area contributed by atoms with Gasteiger partial charge in [-0.15, -0.1) is 0 Å². The molecule has 0 saturated heterocycles. The Labute approximate surface area is 349 Å². The molecule has 1 atom stereocenters. The fourth-order valence-electron chi connectivity index (χ4n) is 6.95. The van der Waals surface area contributed by atoms with Gasteiger partial charge in [-0.1, -0.05) is 198 Å². The van der Waals surface area contributed by atoms with E-state index in [0.717, 1.165) is 44.9 Å². The second-order valence-corrected chi connectivity index (χ2v) is 16.4. The van der Waals surface area contributed by atoms with Gasteiger partial charge in [-0.25, -0.2) is 0 Å². The Morgan fingerprint density at radius 2 is 0.750 bits per heavy atom. The first-order valence-corrected chi connectivity index (χ1v) is 24.5. The van der Waals surface area contributed by atoms with Gasteiger partial charge in [0.25, 0.3) is 0 Å². The van der Waals surface area contributed by atoms with Crippen molar-refractivity contribution in [3.05, 3.63) is 36.5 Å². The Kier molecular flexibility index (Phi) is 45.9. The molecular formula is C51H94O5. The minimum atomic E-state index is -0.536. The van der Waals surface area contributed by atoms with Gasteiger partial charge >= 0.3 is 11.9 Å². The molecule has 0 aromatic rings. The second-order valence-electron chi connectivity index (χ2n) is 16.4. The minimum absolute atomic E-state index is 0.0820. The highest BCUT2D eigenvalue weighted by molar-refractivity contribution is 5.70. The van der Waals surface area contributed by atoms with E-state index in [1.807, 2.05) is 0 Å². The molecule has 0 fully saturated rings. The van der Waals surface area contributed by atoms with E-state index in [4.69, 9.17) is 14.2 Å². The van der Waals surface area contributed by atoms with Crippen LogP contribution in [0.15, 0.2) is 36.5 Å². The van der Waals surface area contributed by atoms with E-state index in [2.05, 4.69) is 57.2 Å². The smallest absolute Gasteiger partial charge is 0.306 e. The number of rotatable bonds is 45. The lowest BCUT2D eigenvalue weighted by molar-refractivity contribution is -0.163. The first-order valence-electron chi connectivity index (χ1n) is 24.5. The summed E-state index contributed by atoms with van der Waals surface area (Å²) < 4.78 is 17.3. The predicted octanol–water partition coefficient (Wildman–Crippen LogP) is 16.2. The maximum Gasteiger partial charge on any atom is 0.306 e. The molecule has 0 bridgehead atoms. The molecule has 0 spiro atoms. The van der Waals surface area contributed by atoms with Gasteiger partial charge in [0.15, 0.2) is 6.10 Å². The van der Waals surface area contributed by atoms with Crippen molar-refractivity contribution in [1.29, 1.82) is 0 Å². The van der Waals surface area contributed by atoms with Crippen molar-refractivity contribution in [2.24, 2.45) is 0 Å². The van der Waals surface area contributed by atoms with E-state index < -0.39 is 6.10 Å². The van der Waals surface area contributed by atoms with Crippen LogP contribution < -0.4 is 0 Å². The highest BCUT2D eigenvalue weighted by Gasteiger charge is 2.17. The van der Waals surface area contributed by atoms with Gasteiger partial charge in [-0.2, -0.15) is 0 Å². The van der Waals surface area contributed by atoms with Crippen LogP contribution in [0.2, 0.25) is 0 Å². The molecule has 0 aromatic heterocycles. The Hall–Kier alpha value is -1.88. The summed E-state index contributed by atoms with van der Waals surface area (Å²) in [6.07, 6.45) is 55.8. The topological polar surface area (TPSA) is 61.8 Å². The van der Waals surface area contributed by atoms with Crippen molar-refractivity contribution >= 4 is 11.9 Å². The van der Waals surface area contributed by atoms with Gasteiger partial charge in [0, 0.05) is 19.4 Å². The average molecular weight is 787 g/mol. The number of hydrogen-bond donors (Lipinski definition) is 0. The zero-order valence-electron chi connectivity index (χ0n) is 37.7. The Morgan fingerprint density at radius 1 is 0.393 bits per heavy atom. The number of allylic oxidation sites excluding steroid dienone is 6. The summed E-state index contributed by atoms with van der Waals surface area (Å²) in [5.74, 6) is -0.405. The third-order valence-electron chi connectivity index (χ3n) is 10.6. The number of hydrogen-bond acceptors (Lipinski definition) is 5. The predicted molar refractivity (Wildman–Crippen MR) is 242 cm³/mol. The largest absolute Gasteiger partial charge is 0.462 e. The fraction of sp³-hybridized carbons (Fsp3) is 0.843. The lowest BCUT2D eigenvalue weighted by Gasteiger charge is -2.18. The Bertz CT molecular complexity index is 893. The second kappa shape index (κ2) is 47.5. The van der Waals surface area contributed by atoms with Crippen LogP contribution in [-0.4, -0.2) is 37.9 Å². The van der Waals surface area contributed by atoms with E-state index in [1.54, 1.807) is 0 Å². The zero-order valence-corrected chi connectivity index (χ0v) is 37.7. The van der Waals surface area contributed by atoms with Crippen LogP contribution in [0.25, 0.3) is 0 Å². The van der Waals surface area contributed by atoms with Crippen LogP contribution in [0, 0.1) is 0 Å². The van der Waals surface area contributed by atoms with Crippen LogP contribution in [0.4, 0.5) is 0 Å². The minimum Gasteiger partial charge on any atom is -0.462 e. The fourth-order valence-corrected chi connectivity index (χ4v) is 6.95. The van der Waals surface area contributed by atoms with Gasteiger partial charge in [0.2, 0.25) is 0 Å². The van der Waals surface area contributed by atoms with Crippen molar-refractivity contribution in [1.82, 2.24) is 0 Å². The molecule has 0 heterocycles. The molecule has 5 heteroatoms. The normalized spacial score (nSPS) is 12.4. The van der Waals surface area contributed by atoms with Crippen LogP contribution >= 0.6 is 0 Å². The van der Waals surface area contributed by atoms with E-state index in [-0.39, 0.29) is 25.2 Å². The van der Waals surface area contributed by atoms with Crippen molar-refractivity contribution in [3.8, 4) is 0 Å². The lowest BCUT2D eigenvalue weighted by Crippen LogP contribution is -2.30. The van der Waals surface area contributed by atoms with Crippen LogP contribution in [0.3, 0.4) is 0 Å². The molecule has 328 valence electrons. The first-order chi connectivity index (χ1) is 27.6. The van der Waals surface area contributed by atoms with Gasteiger partial charge in [0.05, 0.1) is 6.61 Å². The third kappa shape index (κ3) is 44.8. The highest BCUT2D eigenvalue weighted by atomic mass is 16.6. The summed E-state index contributed by atoms with van der Waals surface area (Å²) >= 11 is 0. The molecule has 0 aliphatic carbocycles. The van der Waals surface area contributed by atoms with Gasteiger partial charge in [-0.3, -0.25) is 9.59 Å². The number of unbranched alkanes of at least 4 members (excludes halogenated alkanes) is 28. The van der Waals surface area contributed by atoms with Crippen LogP contribution in [0.1, 0.15) is 252 Å². The van der Waals surface area contributed by atoms with Gasteiger partial charge in [-0.05, 0) is 77.0 Å². The molecule has 0 rings (SSSR count). The van der Waals surface area contributed by atoms with E-state index in [9.17, 15) is 9.59 Å². The van der Waals surface area contributed by atoms with Gasteiger partial charge in [0.1, 0.15) is 6.61 Å². The molecule has 5 nitrogen and oxygen atoms in total. The number of ether oxygens (including phenoxy) is 3. The molecule has 0 aromatic carbocycles. The summed E-state index contributed by atoms with van der Waals surface area (Å²) in [5.41, 5.74) is 0. The summed E-state index contributed by atoms with van der Waals surface area (Å²) in [5, 5.41) is 0. The van der Waals surface area contributed by atoms with Gasteiger partial charge < -0.3 is 14.2 Å². The maximum absolute atomic E-state index is 12.6. The summed E-state index contributed by atoms with van der Waals surface area (Å²) in [6.45, 7) is 7.76. The van der Waals surface area contributed by atoms with Crippen molar-refractivity contribution in [2.75, 3.05) is 19.8 Å². The van der Waals surface area contributed by atoms with E-state index in [1.165, 1.54) is 173 Å². The third-order valence-corrected chi connectivity index (χ3v) is 10.6. The highest BCUT2D eigenvalue weighted by Crippen LogP contribution is 2.14. The van der Waals surface area contributed by atoms with Crippen molar-refractivity contribution in [3.63, 3.8) is 0 Å². The molecule has 0 aliphatic rings. The molecule has 0 amide bonds. The molecular weight excluding hydrogens is 693 g/mol. The summed E-state index contributed by atoms with van der Waals surface area (Å²) in [4.78, 5) is 25.2. The Balaban J connectivity index is 4.13. The first kappa shape index (κ1) is 54.1. The molecule has 1 unspecified atom stereocenters. The molecule has 0 radical (unpaired) electrons. The molecule has 0 aliphatic heterocycles. The summed E-state index contributed by atoms with van der Waals surface area (Å²) in [7, 11) is 0. The molecule has 0 saturated carbocycles. The SMILES string of the molecule is CCCCC/C=C\C/C=C\CCCCCCCCOCC(COC(=O)CCCCCCCCC/C=C\CCCCCCCC)OC(=O)CCCCCCCCC. The van der Waals surface area contributed by atoms with E-state index in [0.29, 0.717) is 19.4 Å². The average Bonchev–Trinajstić information content (AvgIpc) is 3.20. The van der Waals surface area contributed by atoms with Crippen LogP contribution in [0.5, 0.6) is 0 Å². The molecule has 0 N–H and O–H groups in total.